The van der Waals surface area contributed by atoms with E-state index in [1.165, 1.54) is 0 Å². The third kappa shape index (κ3) is 5.22. The van der Waals surface area contributed by atoms with Gasteiger partial charge in [-0.15, -0.1) is 0 Å². The number of hydrogen-bond acceptors (Lipinski definition) is 5. The van der Waals surface area contributed by atoms with Gasteiger partial charge in [-0.2, -0.15) is 5.10 Å². The number of ether oxygens (including phenoxy) is 1. The molecule has 1 atom stereocenters. The van der Waals surface area contributed by atoms with Gasteiger partial charge >= 0.3 is 0 Å². The van der Waals surface area contributed by atoms with Gasteiger partial charge in [0.15, 0.2) is 16.8 Å². The summed E-state index contributed by atoms with van der Waals surface area (Å²) >= 11 is -2.27. The van der Waals surface area contributed by atoms with E-state index in [0.717, 1.165) is 5.56 Å². The van der Waals surface area contributed by atoms with E-state index in [-0.39, 0.29) is 29.6 Å². The van der Waals surface area contributed by atoms with Gasteiger partial charge in [-0.25, -0.2) is 17.7 Å². The second kappa shape index (κ2) is 10.4. The molecule has 0 saturated carbocycles. The Bertz CT molecular complexity index is 1330. The van der Waals surface area contributed by atoms with E-state index in [9.17, 15) is 22.3 Å². The van der Waals surface area contributed by atoms with Gasteiger partial charge in [0.2, 0.25) is 0 Å². The van der Waals surface area contributed by atoms with Crippen molar-refractivity contribution in [2.24, 2.45) is 0 Å². The number of amides is 1. The normalized spacial score (nSPS) is 18.4. The third-order valence-corrected chi connectivity index (χ3v) is 7.37. The molecule has 5 rings (SSSR count). The molecule has 0 aliphatic carbocycles. The summed E-state index contributed by atoms with van der Waals surface area (Å²) in [7, 11) is 0. The molecule has 0 radical (unpaired) electrons. The van der Waals surface area contributed by atoms with Crippen LogP contribution in [0.4, 0.5) is 8.78 Å². The van der Waals surface area contributed by atoms with E-state index >= 15 is 0 Å². The number of alkyl halides is 2. The molecule has 1 unspecified atom stereocenters. The summed E-state index contributed by atoms with van der Waals surface area (Å²) in [6, 6.07) is 14.1. The van der Waals surface area contributed by atoms with Crippen LogP contribution in [0.25, 0.3) is 16.9 Å². The molecule has 0 spiro atoms. The maximum atomic E-state index is 13.6. The summed E-state index contributed by atoms with van der Waals surface area (Å²) in [5.74, 6) is -2.87. The van der Waals surface area contributed by atoms with Gasteiger partial charge in [-0.1, -0.05) is 37.3 Å². The fraction of sp³-hybridized carbons (Fsp3) is 0.385. The minimum Gasteiger partial charge on any atom is -0.378 e. The minimum absolute atomic E-state index is 0.211. The first-order chi connectivity index (χ1) is 17.8. The summed E-state index contributed by atoms with van der Waals surface area (Å²) in [6.45, 7) is 3.53. The Morgan fingerprint density at radius 3 is 2.54 bits per heavy atom. The van der Waals surface area contributed by atoms with Crippen LogP contribution in [0.2, 0.25) is 0 Å². The van der Waals surface area contributed by atoms with E-state index in [1.54, 1.807) is 38.7 Å². The average Bonchev–Trinajstić information content (AvgIpc) is 3.27. The van der Waals surface area contributed by atoms with E-state index in [2.05, 4.69) is 0 Å². The van der Waals surface area contributed by atoms with Crippen molar-refractivity contribution in [3.63, 3.8) is 0 Å². The molecule has 1 N–H and O–H groups in total. The SMILES string of the molecule is CCc1c(C(=O)N2CCOCC2)nn(-c2cccc(CN3CC(F)(F)C3)c2)c1-c1ccccc1S(=O)O. The molecule has 8 nitrogen and oxygen atoms in total. The summed E-state index contributed by atoms with van der Waals surface area (Å²) in [4.78, 5) is 17.1. The smallest absolute Gasteiger partial charge is 0.274 e. The van der Waals surface area contributed by atoms with Crippen LogP contribution in [0.1, 0.15) is 28.5 Å². The molecule has 3 heterocycles. The van der Waals surface area contributed by atoms with Gasteiger partial charge in [0.25, 0.3) is 11.8 Å². The highest BCUT2D eigenvalue weighted by molar-refractivity contribution is 7.79. The number of hydrogen-bond donors (Lipinski definition) is 1. The number of morpholine rings is 1. The first kappa shape index (κ1) is 25.7. The zero-order valence-corrected chi connectivity index (χ0v) is 21.2. The highest BCUT2D eigenvalue weighted by Crippen LogP contribution is 2.35. The predicted octanol–water partition coefficient (Wildman–Crippen LogP) is 3.61. The molecule has 2 aliphatic rings. The van der Waals surface area contributed by atoms with Crippen LogP contribution in [0.5, 0.6) is 0 Å². The first-order valence-electron chi connectivity index (χ1n) is 12.2. The zero-order chi connectivity index (χ0) is 26.2. The largest absolute Gasteiger partial charge is 0.378 e. The Labute approximate surface area is 216 Å². The van der Waals surface area contributed by atoms with Gasteiger partial charge in [-0.3, -0.25) is 9.69 Å². The summed E-state index contributed by atoms with van der Waals surface area (Å²) < 4.78 is 56.0. The Balaban J connectivity index is 1.62. The van der Waals surface area contributed by atoms with Crippen molar-refractivity contribution >= 4 is 17.0 Å². The van der Waals surface area contributed by atoms with E-state index in [4.69, 9.17) is 9.84 Å². The lowest BCUT2D eigenvalue weighted by Crippen LogP contribution is -2.55. The van der Waals surface area contributed by atoms with E-state index in [0.29, 0.717) is 61.8 Å². The van der Waals surface area contributed by atoms with Crippen molar-refractivity contribution in [2.75, 3.05) is 39.4 Å². The van der Waals surface area contributed by atoms with Crippen molar-refractivity contribution in [1.82, 2.24) is 19.6 Å². The third-order valence-electron chi connectivity index (χ3n) is 6.64. The summed E-state index contributed by atoms with van der Waals surface area (Å²) in [6.07, 6.45) is 0.468. The molecule has 196 valence electrons. The topological polar surface area (TPSA) is 87.9 Å². The number of carbonyl (C=O) groups is 1. The number of benzene rings is 2. The molecule has 1 aromatic heterocycles. The summed E-state index contributed by atoms with van der Waals surface area (Å²) in [5, 5.41) is 4.75. The highest BCUT2D eigenvalue weighted by Gasteiger charge is 2.43. The Hall–Kier alpha value is -2.99. The van der Waals surface area contributed by atoms with Gasteiger partial charge < -0.3 is 14.2 Å². The first-order valence-corrected chi connectivity index (χ1v) is 13.3. The maximum Gasteiger partial charge on any atom is 0.274 e. The van der Waals surface area contributed by atoms with E-state index in [1.807, 2.05) is 31.2 Å². The number of rotatable bonds is 7. The minimum atomic E-state index is -2.65. The highest BCUT2D eigenvalue weighted by atomic mass is 32.2. The molecule has 3 aromatic rings. The van der Waals surface area contributed by atoms with Crippen LogP contribution in [0, 0.1) is 0 Å². The van der Waals surface area contributed by atoms with E-state index < -0.39 is 17.0 Å². The molecule has 11 heteroatoms. The lowest BCUT2D eigenvalue weighted by Gasteiger charge is -2.38. The lowest BCUT2D eigenvalue weighted by atomic mass is 10.0. The molecule has 1 amide bonds. The fourth-order valence-electron chi connectivity index (χ4n) is 4.92. The maximum absolute atomic E-state index is 13.6. The van der Waals surface area contributed by atoms with Crippen LogP contribution in [0.3, 0.4) is 0 Å². The van der Waals surface area contributed by atoms with Crippen LogP contribution in [-0.4, -0.2) is 79.6 Å². The monoisotopic (exact) mass is 530 g/mol. The van der Waals surface area contributed by atoms with Gasteiger partial charge in [0.05, 0.1) is 42.6 Å². The number of halogens is 2. The number of nitrogens with zero attached hydrogens (tertiary/aromatic N) is 4. The van der Waals surface area contributed by atoms with Crippen LogP contribution >= 0.6 is 0 Å². The van der Waals surface area contributed by atoms with Gasteiger partial charge in [0.1, 0.15) is 0 Å². The molecule has 37 heavy (non-hydrogen) atoms. The van der Waals surface area contributed by atoms with Crippen LogP contribution in [-0.2, 0) is 28.8 Å². The second-order valence-corrected chi connectivity index (χ2v) is 10.2. The zero-order valence-electron chi connectivity index (χ0n) is 20.4. The predicted molar refractivity (Wildman–Crippen MR) is 134 cm³/mol. The molecule has 2 aliphatic heterocycles. The Morgan fingerprint density at radius 1 is 1.14 bits per heavy atom. The quantitative estimate of drug-likeness (QED) is 0.470. The molecular formula is C26H28F2N4O4S. The van der Waals surface area contributed by atoms with Crippen molar-refractivity contribution in [3.8, 4) is 16.9 Å². The Morgan fingerprint density at radius 2 is 1.86 bits per heavy atom. The fourth-order valence-corrected chi connectivity index (χ4v) is 5.46. The number of carbonyl (C=O) groups excluding carboxylic acids is 1. The van der Waals surface area contributed by atoms with Gasteiger partial charge in [-0.05, 0) is 30.2 Å². The molecule has 2 saturated heterocycles. The van der Waals surface area contributed by atoms with Crippen molar-refractivity contribution in [2.45, 2.75) is 30.7 Å². The Kier molecular flexibility index (Phi) is 7.21. The lowest BCUT2D eigenvalue weighted by molar-refractivity contribution is -0.133. The van der Waals surface area contributed by atoms with Crippen LogP contribution < -0.4 is 0 Å². The molecule has 2 fully saturated rings. The van der Waals surface area contributed by atoms with Crippen molar-refractivity contribution in [3.05, 3.63) is 65.4 Å². The molecule has 0 bridgehead atoms. The molecular weight excluding hydrogens is 502 g/mol. The average molecular weight is 531 g/mol. The standard InChI is InChI=1S/C26H28F2N4O4S/c1-2-20-23(25(33)31-10-12-36-13-11-31)29-32(24(20)21-8-3-4-9-22(21)37(34)35)19-7-5-6-18(14-19)15-30-16-26(27,28)17-30/h3-9,14H,2,10-13,15-17H2,1H3,(H,34,35). The number of aromatic nitrogens is 2. The van der Waals surface area contributed by atoms with Gasteiger partial charge in [0, 0.05) is 30.8 Å². The molecule has 2 aromatic carbocycles. The summed E-state index contributed by atoms with van der Waals surface area (Å²) in [5.41, 5.74) is 3.47. The van der Waals surface area contributed by atoms with Crippen LogP contribution in [0.15, 0.2) is 53.4 Å². The van der Waals surface area contributed by atoms with Crippen molar-refractivity contribution < 1.29 is 27.1 Å². The van der Waals surface area contributed by atoms with Crippen molar-refractivity contribution in [1.29, 1.82) is 0 Å². The number of likely N-dealkylation sites (tertiary alicyclic amines) is 1. The second-order valence-electron chi connectivity index (χ2n) is 9.26.